The third kappa shape index (κ3) is 3.53. The van der Waals surface area contributed by atoms with Gasteiger partial charge in [0, 0.05) is 17.1 Å². The Morgan fingerprint density at radius 2 is 1.90 bits per heavy atom. The number of rotatable bonds is 5. The van der Waals surface area contributed by atoms with Gasteiger partial charge in [0.25, 0.3) is 5.56 Å². The lowest BCUT2D eigenvalue weighted by Crippen LogP contribution is -2.25. The molecule has 0 amide bonds. The van der Waals surface area contributed by atoms with E-state index in [0.717, 1.165) is 24.1 Å². The molecule has 0 bridgehead atoms. The molecule has 0 spiro atoms. The summed E-state index contributed by atoms with van der Waals surface area (Å²) in [5, 5.41) is 9.48. The summed E-state index contributed by atoms with van der Waals surface area (Å²) in [5.74, 6) is 0. The second-order valence-electron chi connectivity index (χ2n) is 4.90. The second-order valence-corrected chi connectivity index (χ2v) is 5.33. The minimum absolute atomic E-state index is 0.0718. The Kier molecular flexibility index (Phi) is 5.19. The predicted octanol–water partition coefficient (Wildman–Crippen LogP) is 4.03. The SMILES string of the molecule is CCCCn1c(-c2ccc(Cl)cc2)ccc(CC#N)c1=O. The molecule has 3 nitrogen and oxygen atoms in total. The Balaban J connectivity index is 2.54. The largest absolute Gasteiger partial charge is 0.308 e. The van der Waals surface area contributed by atoms with Crippen LogP contribution in [0.15, 0.2) is 41.2 Å². The summed E-state index contributed by atoms with van der Waals surface area (Å²) in [4.78, 5) is 12.5. The number of halogens is 1. The Hall–Kier alpha value is -2.05. The van der Waals surface area contributed by atoms with Crippen LogP contribution in [0, 0.1) is 11.3 Å². The molecule has 0 saturated carbocycles. The molecule has 1 aromatic carbocycles. The van der Waals surface area contributed by atoms with E-state index < -0.39 is 0 Å². The zero-order valence-electron chi connectivity index (χ0n) is 12.0. The van der Waals surface area contributed by atoms with Crippen LogP contribution in [0.2, 0.25) is 5.02 Å². The highest BCUT2D eigenvalue weighted by Crippen LogP contribution is 2.21. The first-order valence-electron chi connectivity index (χ1n) is 7.03. The van der Waals surface area contributed by atoms with E-state index >= 15 is 0 Å². The average Bonchev–Trinajstić information content (AvgIpc) is 2.49. The molecular weight excluding hydrogens is 284 g/mol. The molecule has 1 heterocycles. The predicted molar refractivity (Wildman–Crippen MR) is 85.4 cm³/mol. The zero-order chi connectivity index (χ0) is 15.2. The molecule has 0 aliphatic carbocycles. The van der Waals surface area contributed by atoms with Gasteiger partial charge in [0.2, 0.25) is 0 Å². The second kappa shape index (κ2) is 7.10. The van der Waals surface area contributed by atoms with Crippen molar-refractivity contribution >= 4 is 11.6 Å². The van der Waals surface area contributed by atoms with Crippen molar-refractivity contribution in [3.8, 4) is 17.3 Å². The molecule has 2 rings (SSSR count). The molecule has 4 heteroatoms. The molecule has 0 aliphatic rings. The Morgan fingerprint density at radius 3 is 2.52 bits per heavy atom. The van der Waals surface area contributed by atoms with Crippen LogP contribution in [-0.2, 0) is 13.0 Å². The fourth-order valence-electron chi connectivity index (χ4n) is 2.25. The number of nitrogens with zero attached hydrogens (tertiary/aromatic N) is 2. The van der Waals surface area contributed by atoms with Crippen molar-refractivity contribution in [2.24, 2.45) is 0 Å². The van der Waals surface area contributed by atoms with E-state index in [0.29, 0.717) is 17.1 Å². The first-order chi connectivity index (χ1) is 10.2. The molecule has 0 radical (unpaired) electrons. The number of pyridine rings is 1. The highest BCUT2D eigenvalue weighted by molar-refractivity contribution is 6.30. The summed E-state index contributed by atoms with van der Waals surface area (Å²) < 4.78 is 1.76. The van der Waals surface area contributed by atoms with E-state index in [1.807, 2.05) is 36.4 Å². The maximum atomic E-state index is 12.5. The van der Waals surface area contributed by atoms with Crippen molar-refractivity contribution in [2.75, 3.05) is 0 Å². The van der Waals surface area contributed by atoms with Crippen LogP contribution in [0.25, 0.3) is 11.3 Å². The maximum absolute atomic E-state index is 12.5. The molecule has 0 N–H and O–H groups in total. The molecule has 0 aliphatic heterocycles. The summed E-state index contributed by atoms with van der Waals surface area (Å²) >= 11 is 5.92. The third-order valence-electron chi connectivity index (χ3n) is 3.40. The van der Waals surface area contributed by atoms with Crippen molar-refractivity contribution in [2.45, 2.75) is 32.7 Å². The highest BCUT2D eigenvalue weighted by Gasteiger charge is 2.10. The number of benzene rings is 1. The van der Waals surface area contributed by atoms with E-state index in [9.17, 15) is 4.79 Å². The highest BCUT2D eigenvalue weighted by atomic mass is 35.5. The Labute approximate surface area is 129 Å². The van der Waals surface area contributed by atoms with Gasteiger partial charge in [0.05, 0.1) is 18.2 Å². The molecule has 2 aromatic rings. The summed E-state index contributed by atoms with van der Waals surface area (Å²) in [6.07, 6.45) is 2.08. The summed E-state index contributed by atoms with van der Waals surface area (Å²) in [6, 6.07) is 13.1. The smallest absolute Gasteiger partial charge is 0.255 e. The normalized spacial score (nSPS) is 10.3. The first kappa shape index (κ1) is 15.3. The molecule has 1 aromatic heterocycles. The van der Waals surface area contributed by atoms with Crippen molar-refractivity contribution < 1.29 is 0 Å². The molecule has 0 unspecified atom stereocenters. The van der Waals surface area contributed by atoms with Crippen LogP contribution in [0.1, 0.15) is 25.3 Å². The van der Waals surface area contributed by atoms with Crippen LogP contribution in [0.5, 0.6) is 0 Å². The summed E-state index contributed by atoms with van der Waals surface area (Å²) in [6.45, 7) is 2.75. The monoisotopic (exact) mass is 300 g/mol. The van der Waals surface area contributed by atoms with Crippen molar-refractivity contribution in [3.05, 3.63) is 57.3 Å². The average molecular weight is 301 g/mol. The molecular formula is C17H17ClN2O. The van der Waals surface area contributed by atoms with Gasteiger partial charge < -0.3 is 4.57 Å². The van der Waals surface area contributed by atoms with Crippen molar-refractivity contribution in [3.63, 3.8) is 0 Å². The Bertz CT molecular complexity index is 711. The first-order valence-corrected chi connectivity index (χ1v) is 7.40. The lowest BCUT2D eigenvalue weighted by atomic mass is 10.1. The van der Waals surface area contributed by atoms with E-state index in [-0.39, 0.29) is 12.0 Å². The number of aromatic nitrogens is 1. The quantitative estimate of drug-likeness (QED) is 0.836. The van der Waals surface area contributed by atoms with Gasteiger partial charge in [-0.2, -0.15) is 5.26 Å². The van der Waals surface area contributed by atoms with Gasteiger partial charge >= 0.3 is 0 Å². The molecule has 108 valence electrons. The summed E-state index contributed by atoms with van der Waals surface area (Å²) in [5.41, 5.74) is 2.30. The maximum Gasteiger partial charge on any atom is 0.255 e. The molecule has 0 atom stereocenters. The Morgan fingerprint density at radius 1 is 1.19 bits per heavy atom. The van der Waals surface area contributed by atoms with Gasteiger partial charge in [0.15, 0.2) is 0 Å². The fraction of sp³-hybridized carbons (Fsp3) is 0.294. The van der Waals surface area contributed by atoms with Crippen LogP contribution in [0.3, 0.4) is 0 Å². The van der Waals surface area contributed by atoms with E-state index in [4.69, 9.17) is 16.9 Å². The van der Waals surface area contributed by atoms with E-state index in [1.165, 1.54) is 0 Å². The molecule has 0 fully saturated rings. The van der Waals surface area contributed by atoms with E-state index in [2.05, 4.69) is 6.92 Å². The molecule has 0 saturated heterocycles. The van der Waals surface area contributed by atoms with Crippen LogP contribution in [0.4, 0.5) is 0 Å². The lowest BCUT2D eigenvalue weighted by Gasteiger charge is -2.14. The van der Waals surface area contributed by atoms with Gasteiger partial charge in [-0.25, -0.2) is 0 Å². The minimum atomic E-state index is -0.0718. The number of nitriles is 1. The fourth-order valence-corrected chi connectivity index (χ4v) is 2.38. The van der Waals surface area contributed by atoms with Gasteiger partial charge in [-0.05, 0) is 30.2 Å². The number of hydrogen-bond acceptors (Lipinski definition) is 2. The molecule has 21 heavy (non-hydrogen) atoms. The van der Waals surface area contributed by atoms with E-state index in [1.54, 1.807) is 10.6 Å². The number of hydrogen-bond donors (Lipinski definition) is 0. The van der Waals surface area contributed by atoms with Crippen molar-refractivity contribution in [1.29, 1.82) is 5.26 Å². The van der Waals surface area contributed by atoms with Crippen LogP contribution < -0.4 is 5.56 Å². The van der Waals surface area contributed by atoms with Gasteiger partial charge in [-0.3, -0.25) is 4.79 Å². The van der Waals surface area contributed by atoms with Gasteiger partial charge in [-0.1, -0.05) is 43.1 Å². The van der Waals surface area contributed by atoms with Gasteiger partial charge in [0.1, 0.15) is 0 Å². The topological polar surface area (TPSA) is 45.8 Å². The van der Waals surface area contributed by atoms with Crippen LogP contribution >= 0.6 is 11.6 Å². The van der Waals surface area contributed by atoms with Crippen molar-refractivity contribution in [1.82, 2.24) is 4.57 Å². The number of unbranched alkanes of at least 4 members (excludes halogenated alkanes) is 1. The van der Waals surface area contributed by atoms with Gasteiger partial charge in [-0.15, -0.1) is 0 Å². The van der Waals surface area contributed by atoms with Crippen LogP contribution in [-0.4, -0.2) is 4.57 Å². The zero-order valence-corrected chi connectivity index (χ0v) is 12.7. The third-order valence-corrected chi connectivity index (χ3v) is 3.65. The minimum Gasteiger partial charge on any atom is -0.308 e. The summed E-state index contributed by atoms with van der Waals surface area (Å²) in [7, 11) is 0. The standard InChI is InChI=1S/C17H17ClN2O/c1-2-3-12-20-16(13-4-7-15(18)8-5-13)9-6-14(10-11-19)17(20)21/h4-9H,2-3,10,12H2,1H3. The lowest BCUT2D eigenvalue weighted by molar-refractivity contribution is 0.615.